The molecule has 1 aromatic rings. The molecule has 20 heavy (non-hydrogen) atoms. The second-order valence-electron chi connectivity index (χ2n) is 6.30. The standard InChI is InChI=1S/C17H31N3/c1-4-7-14(13-18-15-8-9-15)12-16-10-11-20(19-16)17(5-2)6-3/h10-11,14-15,17-18H,4-9,12-13H2,1-3H3. The summed E-state index contributed by atoms with van der Waals surface area (Å²) in [5.41, 5.74) is 1.27. The van der Waals surface area contributed by atoms with E-state index in [9.17, 15) is 0 Å². The number of aromatic nitrogens is 2. The average Bonchev–Trinajstić information content (AvgIpc) is 3.17. The van der Waals surface area contributed by atoms with Crippen molar-refractivity contribution in [1.82, 2.24) is 15.1 Å². The summed E-state index contributed by atoms with van der Waals surface area (Å²) in [4.78, 5) is 0. The van der Waals surface area contributed by atoms with Crippen LogP contribution in [0.5, 0.6) is 0 Å². The molecule has 0 saturated heterocycles. The first-order valence-electron chi connectivity index (χ1n) is 8.54. The second kappa shape index (κ2) is 7.82. The van der Waals surface area contributed by atoms with E-state index in [1.54, 1.807) is 0 Å². The topological polar surface area (TPSA) is 29.9 Å². The summed E-state index contributed by atoms with van der Waals surface area (Å²) < 4.78 is 2.17. The van der Waals surface area contributed by atoms with Gasteiger partial charge in [0.1, 0.15) is 0 Å². The fourth-order valence-electron chi connectivity index (χ4n) is 2.95. The van der Waals surface area contributed by atoms with Gasteiger partial charge in [0.15, 0.2) is 0 Å². The van der Waals surface area contributed by atoms with E-state index >= 15 is 0 Å². The smallest absolute Gasteiger partial charge is 0.0627 e. The highest BCUT2D eigenvalue weighted by atomic mass is 15.3. The molecule has 1 aliphatic rings. The lowest BCUT2D eigenvalue weighted by atomic mass is 9.98. The van der Waals surface area contributed by atoms with Gasteiger partial charge in [-0.05, 0) is 57.1 Å². The summed E-state index contributed by atoms with van der Waals surface area (Å²) in [5.74, 6) is 0.741. The van der Waals surface area contributed by atoms with Gasteiger partial charge in [0, 0.05) is 12.2 Å². The van der Waals surface area contributed by atoms with Crippen LogP contribution in [0.3, 0.4) is 0 Å². The minimum atomic E-state index is 0.568. The van der Waals surface area contributed by atoms with Crippen LogP contribution in [0.1, 0.15) is 71.0 Å². The van der Waals surface area contributed by atoms with Crippen LogP contribution in [0.15, 0.2) is 12.3 Å². The number of rotatable bonds is 10. The zero-order valence-corrected chi connectivity index (χ0v) is 13.4. The average molecular weight is 277 g/mol. The molecule has 1 saturated carbocycles. The van der Waals surface area contributed by atoms with E-state index in [2.05, 4.69) is 43.0 Å². The van der Waals surface area contributed by atoms with Gasteiger partial charge in [-0.3, -0.25) is 4.68 Å². The number of nitrogens with zero attached hydrogens (tertiary/aromatic N) is 2. The second-order valence-corrected chi connectivity index (χ2v) is 6.30. The third kappa shape index (κ3) is 4.62. The van der Waals surface area contributed by atoms with E-state index < -0.39 is 0 Å². The zero-order chi connectivity index (χ0) is 14.4. The molecule has 1 fully saturated rings. The van der Waals surface area contributed by atoms with Crippen molar-refractivity contribution in [2.75, 3.05) is 6.54 Å². The van der Waals surface area contributed by atoms with E-state index in [4.69, 9.17) is 5.10 Å². The van der Waals surface area contributed by atoms with Crippen molar-refractivity contribution in [3.8, 4) is 0 Å². The lowest BCUT2D eigenvalue weighted by Crippen LogP contribution is -2.26. The molecule has 1 unspecified atom stereocenters. The first-order chi connectivity index (χ1) is 9.76. The van der Waals surface area contributed by atoms with Crippen LogP contribution in [0.25, 0.3) is 0 Å². The lowest BCUT2D eigenvalue weighted by Gasteiger charge is -2.16. The maximum absolute atomic E-state index is 4.81. The Kier molecular flexibility index (Phi) is 6.08. The molecule has 0 aromatic carbocycles. The number of hydrogen-bond acceptors (Lipinski definition) is 2. The van der Waals surface area contributed by atoms with E-state index in [0.29, 0.717) is 6.04 Å². The Labute approximate surface area is 124 Å². The SMILES string of the molecule is CCCC(CNC1CC1)Cc1ccn(C(CC)CC)n1. The maximum Gasteiger partial charge on any atom is 0.0627 e. The normalized spacial score (nSPS) is 16.8. The summed E-state index contributed by atoms with van der Waals surface area (Å²) >= 11 is 0. The van der Waals surface area contributed by atoms with Crippen molar-refractivity contribution in [1.29, 1.82) is 0 Å². The first-order valence-corrected chi connectivity index (χ1v) is 8.54. The van der Waals surface area contributed by atoms with Crippen molar-refractivity contribution in [3.63, 3.8) is 0 Å². The van der Waals surface area contributed by atoms with E-state index in [-0.39, 0.29) is 0 Å². The van der Waals surface area contributed by atoms with Crippen LogP contribution in [-0.4, -0.2) is 22.4 Å². The van der Waals surface area contributed by atoms with Gasteiger partial charge in [0.25, 0.3) is 0 Å². The van der Waals surface area contributed by atoms with Gasteiger partial charge in [-0.2, -0.15) is 5.10 Å². The molecule has 1 N–H and O–H groups in total. The Morgan fingerprint density at radius 2 is 2.05 bits per heavy atom. The lowest BCUT2D eigenvalue weighted by molar-refractivity contribution is 0.409. The highest BCUT2D eigenvalue weighted by Crippen LogP contribution is 2.21. The molecule has 1 aliphatic carbocycles. The summed E-state index contributed by atoms with van der Waals surface area (Å²) in [6.45, 7) is 7.94. The molecule has 0 radical (unpaired) electrons. The Balaban J connectivity index is 1.87. The van der Waals surface area contributed by atoms with Crippen molar-refractivity contribution >= 4 is 0 Å². The molecule has 3 heteroatoms. The number of nitrogens with one attached hydrogen (secondary N) is 1. The van der Waals surface area contributed by atoms with Gasteiger partial charge in [0.2, 0.25) is 0 Å². The number of hydrogen-bond donors (Lipinski definition) is 1. The summed E-state index contributed by atoms with van der Waals surface area (Å²) in [6, 6.07) is 3.60. The highest BCUT2D eigenvalue weighted by molar-refractivity contribution is 5.01. The first kappa shape index (κ1) is 15.6. The molecule has 1 atom stereocenters. The van der Waals surface area contributed by atoms with E-state index in [1.807, 2.05) is 0 Å². The van der Waals surface area contributed by atoms with Gasteiger partial charge >= 0.3 is 0 Å². The minimum Gasteiger partial charge on any atom is -0.314 e. The van der Waals surface area contributed by atoms with Gasteiger partial charge in [0.05, 0.1) is 11.7 Å². The summed E-state index contributed by atoms with van der Waals surface area (Å²) in [7, 11) is 0. The molecule has 0 bridgehead atoms. The van der Waals surface area contributed by atoms with Gasteiger partial charge in [-0.25, -0.2) is 0 Å². The fourth-order valence-corrected chi connectivity index (χ4v) is 2.95. The molecule has 0 aliphatic heterocycles. The third-order valence-corrected chi connectivity index (χ3v) is 4.45. The van der Waals surface area contributed by atoms with E-state index in [0.717, 1.165) is 24.9 Å². The maximum atomic E-state index is 4.81. The Morgan fingerprint density at radius 3 is 2.65 bits per heavy atom. The summed E-state index contributed by atoms with van der Waals surface area (Å²) in [6.07, 6.45) is 11.0. The van der Waals surface area contributed by atoms with Crippen LogP contribution in [0.2, 0.25) is 0 Å². The predicted molar refractivity (Wildman–Crippen MR) is 85.0 cm³/mol. The van der Waals surface area contributed by atoms with Crippen molar-refractivity contribution in [3.05, 3.63) is 18.0 Å². The Morgan fingerprint density at radius 1 is 1.30 bits per heavy atom. The highest BCUT2D eigenvalue weighted by Gasteiger charge is 2.22. The molecule has 0 amide bonds. The zero-order valence-electron chi connectivity index (χ0n) is 13.4. The molecule has 3 nitrogen and oxygen atoms in total. The van der Waals surface area contributed by atoms with Crippen molar-refractivity contribution < 1.29 is 0 Å². The van der Waals surface area contributed by atoms with Gasteiger partial charge in [-0.15, -0.1) is 0 Å². The minimum absolute atomic E-state index is 0.568. The van der Waals surface area contributed by atoms with Crippen LogP contribution in [-0.2, 0) is 6.42 Å². The van der Waals surface area contributed by atoms with Crippen LogP contribution in [0, 0.1) is 5.92 Å². The van der Waals surface area contributed by atoms with Gasteiger partial charge in [-0.1, -0.05) is 27.2 Å². The molecule has 114 valence electrons. The molecular formula is C17H31N3. The third-order valence-electron chi connectivity index (χ3n) is 4.45. The van der Waals surface area contributed by atoms with Crippen molar-refractivity contribution in [2.24, 2.45) is 5.92 Å². The quantitative estimate of drug-likeness (QED) is 0.701. The molecule has 2 rings (SSSR count). The monoisotopic (exact) mass is 277 g/mol. The molecule has 1 aromatic heterocycles. The van der Waals surface area contributed by atoms with Crippen LogP contribution >= 0.6 is 0 Å². The van der Waals surface area contributed by atoms with Crippen LogP contribution < -0.4 is 5.32 Å². The Hall–Kier alpha value is -0.830. The molecular weight excluding hydrogens is 246 g/mol. The van der Waals surface area contributed by atoms with Crippen LogP contribution in [0.4, 0.5) is 0 Å². The van der Waals surface area contributed by atoms with Crippen molar-refractivity contribution in [2.45, 2.75) is 77.8 Å². The molecule has 0 spiro atoms. The van der Waals surface area contributed by atoms with Gasteiger partial charge < -0.3 is 5.32 Å². The Bertz CT molecular complexity index is 377. The summed E-state index contributed by atoms with van der Waals surface area (Å²) in [5, 5.41) is 8.48. The fraction of sp³-hybridized carbons (Fsp3) is 0.824. The largest absolute Gasteiger partial charge is 0.314 e. The van der Waals surface area contributed by atoms with E-state index in [1.165, 1.54) is 44.2 Å². The molecule has 1 heterocycles. The predicted octanol–water partition coefficient (Wildman–Crippen LogP) is 3.96.